The standard InChI is InChI=1S/C24H19FN2O6S/c1-12-21(23(31)33-3)34-24(26-12)27-18(13-6-10-16(32-2)11-7-13)17(20(29)22(27)30)19(28)14-4-8-15(25)9-5-14/h4-11,18,28H,1-3H3/t18-/m1/s1. The van der Waals surface area contributed by atoms with Crippen LogP contribution in [0.3, 0.4) is 0 Å². The largest absolute Gasteiger partial charge is 0.507 e. The highest BCUT2D eigenvalue weighted by Crippen LogP contribution is 2.44. The number of hydrogen-bond acceptors (Lipinski definition) is 8. The molecular formula is C24H19FN2O6S. The molecule has 2 heterocycles. The Balaban J connectivity index is 1.92. The molecule has 1 N–H and O–H groups in total. The summed E-state index contributed by atoms with van der Waals surface area (Å²) in [5.41, 5.74) is 0.814. The number of carbonyl (C=O) groups is 3. The zero-order valence-electron chi connectivity index (χ0n) is 18.4. The first-order valence-corrected chi connectivity index (χ1v) is 10.8. The molecule has 10 heteroatoms. The maximum atomic E-state index is 13.4. The molecule has 174 valence electrons. The number of rotatable bonds is 5. The lowest BCUT2D eigenvalue weighted by Gasteiger charge is -2.23. The molecule has 1 aromatic heterocycles. The molecule has 0 spiro atoms. The third kappa shape index (κ3) is 3.92. The van der Waals surface area contributed by atoms with Crippen LogP contribution in [0, 0.1) is 12.7 Å². The zero-order chi connectivity index (χ0) is 24.6. The summed E-state index contributed by atoms with van der Waals surface area (Å²) >= 11 is 0.902. The lowest BCUT2D eigenvalue weighted by molar-refractivity contribution is -0.132. The predicted molar refractivity (Wildman–Crippen MR) is 122 cm³/mol. The molecule has 0 bridgehead atoms. The fourth-order valence-electron chi connectivity index (χ4n) is 3.66. The van der Waals surface area contributed by atoms with Gasteiger partial charge in [-0.3, -0.25) is 14.5 Å². The Hall–Kier alpha value is -4.05. The van der Waals surface area contributed by atoms with Crippen molar-refractivity contribution in [2.45, 2.75) is 13.0 Å². The van der Waals surface area contributed by atoms with Crippen molar-refractivity contribution >= 4 is 39.9 Å². The second-order valence-electron chi connectivity index (χ2n) is 7.35. The maximum Gasteiger partial charge on any atom is 0.350 e. The van der Waals surface area contributed by atoms with Gasteiger partial charge in [-0.1, -0.05) is 23.5 Å². The summed E-state index contributed by atoms with van der Waals surface area (Å²) in [5, 5.41) is 11.1. The van der Waals surface area contributed by atoms with Crippen LogP contribution in [0.4, 0.5) is 9.52 Å². The lowest BCUT2D eigenvalue weighted by Crippen LogP contribution is -2.29. The van der Waals surface area contributed by atoms with Crippen molar-refractivity contribution in [2.24, 2.45) is 0 Å². The molecule has 1 amide bonds. The Morgan fingerprint density at radius 3 is 2.32 bits per heavy atom. The number of ketones is 1. The van der Waals surface area contributed by atoms with Crippen molar-refractivity contribution < 1.29 is 33.4 Å². The van der Waals surface area contributed by atoms with Crippen molar-refractivity contribution in [3.8, 4) is 5.75 Å². The number of thiazole rings is 1. The average molecular weight is 482 g/mol. The Morgan fingerprint density at radius 1 is 1.09 bits per heavy atom. The first kappa shape index (κ1) is 23.1. The minimum Gasteiger partial charge on any atom is -0.507 e. The number of Topliss-reactive ketones (excluding diaryl/α,β-unsaturated/α-hetero) is 1. The summed E-state index contributed by atoms with van der Waals surface area (Å²) in [7, 11) is 2.73. The molecule has 1 aliphatic heterocycles. The molecule has 0 aliphatic carbocycles. The number of carbonyl (C=O) groups excluding carboxylic acids is 3. The number of methoxy groups -OCH3 is 2. The number of aliphatic hydroxyl groups is 1. The second-order valence-corrected chi connectivity index (χ2v) is 8.33. The quantitative estimate of drug-likeness (QED) is 0.253. The van der Waals surface area contributed by atoms with Gasteiger partial charge in [-0.2, -0.15) is 0 Å². The van der Waals surface area contributed by atoms with E-state index in [1.165, 1.54) is 26.4 Å². The van der Waals surface area contributed by atoms with Crippen molar-refractivity contribution in [3.63, 3.8) is 0 Å². The van der Waals surface area contributed by atoms with Crippen LogP contribution in [0.5, 0.6) is 5.75 Å². The molecular weight excluding hydrogens is 463 g/mol. The third-order valence-electron chi connectivity index (χ3n) is 5.36. The van der Waals surface area contributed by atoms with Crippen LogP contribution in [0.25, 0.3) is 5.76 Å². The Bertz CT molecular complexity index is 1310. The molecule has 0 radical (unpaired) electrons. The number of benzene rings is 2. The topological polar surface area (TPSA) is 106 Å². The lowest BCUT2D eigenvalue weighted by atomic mass is 9.95. The SMILES string of the molecule is COC(=O)c1sc(N2C(=O)C(=O)C(=C(O)c3ccc(F)cc3)[C@H]2c2ccc(OC)cc2)nc1C. The van der Waals surface area contributed by atoms with E-state index in [9.17, 15) is 23.9 Å². The smallest absolute Gasteiger partial charge is 0.350 e. The molecule has 2 aromatic carbocycles. The van der Waals surface area contributed by atoms with Crippen molar-refractivity contribution in [1.82, 2.24) is 4.98 Å². The van der Waals surface area contributed by atoms with Crippen LogP contribution >= 0.6 is 11.3 Å². The molecule has 0 saturated carbocycles. The fraction of sp³-hybridized carbons (Fsp3) is 0.167. The van der Waals surface area contributed by atoms with E-state index >= 15 is 0 Å². The third-order valence-corrected chi connectivity index (χ3v) is 6.49. The minimum atomic E-state index is -1.05. The van der Waals surface area contributed by atoms with Gasteiger partial charge in [0.25, 0.3) is 5.78 Å². The van der Waals surface area contributed by atoms with Crippen LogP contribution in [-0.4, -0.2) is 42.0 Å². The second kappa shape index (κ2) is 9.06. The van der Waals surface area contributed by atoms with E-state index in [0.29, 0.717) is 17.0 Å². The summed E-state index contributed by atoms with van der Waals surface area (Å²) in [4.78, 5) is 44.1. The van der Waals surface area contributed by atoms with Gasteiger partial charge in [0, 0.05) is 5.56 Å². The summed E-state index contributed by atoms with van der Waals surface area (Å²) in [5.74, 6) is -2.90. The number of nitrogens with zero attached hydrogens (tertiary/aromatic N) is 2. The van der Waals surface area contributed by atoms with Crippen LogP contribution in [0.1, 0.15) is 32.5 Å². The average Bonchev–Trinajstić information content (AvgIpc) is 3.35. The van der Waals surface area contributed by atoms with Gasteiger partial charge in [0.2, 0.25) is 0 Å². The fourth-order valence-corrected chi connectivity index (χ4v) is 4.67. The van der Waals surface area contributed by atoms with Crippen molar-refractivity contribution in [3.05, 3.63) is 81.6 Å². The number of aliphatic hydroxyl groups excluding tert-OH is 1. The highest BCUT2D eigenvalue weighted by atomic mass is 32.1. The highest BCUT2D eigenvalue weighted by Gasteiger charge is 2.48. The molecule has 4 rings (SSSR count). The van der Waals surface area contributed by atoms with Gasteiger partial charge in [0.1, 0.15) is 22.2 Å². The molecule has 8 nitrogen and oxygen atoms in total. The summed E-state index contributed by atoms with van der Waals surface area (Å²) in [6.45, 7) is 1.59. The number of hydrogen-bond donors (Lipinski definition) is 1. The van der Waals surface area contributed by atoms with Crippen LogP contribution in [-0.2, 0) is 14.3 Å². The van der Waals surface area contributed by atoms with Gasteiger partial charge in [0.15, 0.2) is 5.13 Å². The van der Waals surface area contributed by atoms with Crippen molar-refractivity contribution in [2.75, 3.05) is 19.1 Å². The minimum absolute atomic E-state index is 0.0963. The monoisotopic (exact) mass is 482 g/mol. The van der Waals surface area contributed by atoms with E-state index in [1.54, 1.807) is 31.2 Å². The van der Waals surface area contributed by atoms with E-state index < -0.39 is 35.3 Å². The Kier molecular flexibility index (Phi) is 6.16. The molecule has 0 unspecified atom stereocenters. The summed E-state index contributed by atoms with van der Waals surface area (Å²) in [6, 6.07) is 10.5. The summed E-state index contributed by atoms with van der Waals surface area (Å²) < 4.78 is 23.4. The van der Waals surface area contributed by atoms with Gasteiger partial charge in [-0.15, -0.1) is 0 Å². The van der Waals surface area contributed by atoms with E-state index in [-0.39, 0.29) is 21.1 Å². The van der Waals surface area contributed by atoms with E-state index in [0.717, 1.165) is 28.4 Å². The van der Waals surface area contributed by atoms with Crippen LogP contribution < -0.4 is 9.64 Å². The Morgan fingerprint density at radius 2 is 1.74 bits per heavy atom. The van der Waals surface area contributed by atoms with Gasteiger partial charge in [-0.05, 0) is 48.9 Å². The number of ether oxygens (including phenoxy) is 2. The first-order chi connectivity index (χ1) is 16.3. The number of halogens is 1. The normalized spacial score (nSPS) is 17.2. The van der Waals surface area contributed by atoms with Gasteiger partial charge >= 0.3 is 11.9 Å². The number of aromatic nitrogens is 1. The molecule has 1 aliphatic rings. The molecule has 1 atom stereocenters. The van der Waals surface area contributed by atoms with Gasteiger partial charge < -0.3 is 14.6 Å². The maximum absolute atomic E-state index is 13.4. The number of anilines is 1. The predicted octanol–water partition coefficient (Wildman–Crippen LogP) is 4.01. The molecule has 3 aromatic rings. The Labute approximate surface area is 197 Å². The molecule has 1 fully saturated rings. The highest BCUT2D eigenvalue weighted by molar-refractivity contribution is 7.17. The molecule has 34 heavy (non-hydrogen) atoms. The zero-order valence-corrected chi connectivity index (χ0v) is 19.2. The number of amides is 1. The van der Waals surface area contributed by atoms with Crippen molar-refractivity contribution in [1.29, 1.82) is 0 Å². The van der Waals surface area contributed by atoms with E-state index in [4.69, 9.17) is 9.47 Å². The van der Waals surface area contributed by atoms with Crippen LogP contribution in [0.2, 0.25) is 0 Å². The van der Waals surface area contributed by atoms with Gasteiger partial charge in [-0.25, -0.2) is 14.2 Å². The van der Waals surface area contributed by atoms with Crippen LogP contribution in [0.15, 0.2) is 54.1 Å². The molecule has 1 saturated heterocycles. The van der Waals surface area contributed by atoms with E-state index in [1.807, 2.05) is 0 Å². The number of aryl methyl sites for hydroxylation is 1. The van der Waals surface area contributed by atoms with Gasteiger partial charge in [0.05, 0.1) is 31.5 Å². The summed E-state index contributed by atoms with van der Waals surface area (Å²) in [6.07, 6.45) is 0. The van der Waals surface area contributed by atoms with E-state index in [2.05, 4.69) is 4.98 Å². The first-order valence-electron chi connectivity index (χ1n) is 10.0. The number of esters is 1.